The summed E-state index contributed by atoms with van der Waals surface area (Å²) in [6.07, 6.45) is 4.89. The fraction of sp³-hybridized carbons (Fsp3) is 0.292. The van der Waals surface area contributed by atoms with Gasteiger partial charge in [0.05, 0.1) is 17.4 Å². The summed E-state index contributed by atoms with van der Waals surface area (Å²) < 4.78 is 1.94. The Labute approximate surface area is 171 Å². The lowest BCUT2D eigenvalue weighted by Crippen LogP contribution is -2.27. The molecule has 0 bridgehead atoms. The Kier molecular flexibility index (Phi) is 5.44. The first kappa shape index (κ1) is 18.9. The van der Waals surface area contributed by atoms with Crippen LogP contribution in [0.3, 0.4) is 0 Å². The van der Waals surface area contributed by atoms with Crippen LogP contribution in [0.1, 0.15) is 55.5 Å². The van der Waals surface area contributed by atoms with Crippen molar-refractivity contribution in [2.24, 2.45) is 0 Å². The number of carbonyl (C=O) groups is 1. The van der Waals surface area contributed by atoms with Crippen LogP contribution in [-0.2, 0) is 11.2 Å². The van der Waals surface area contributed by atoms with Crippen molar-refractivity contribution >= 4 is 17.4 Å². The number of amides is 1. The van der Waals surface area contributed by atoms with E-state index in [-0.39, 0.29) is 11.9 Å². The lowest BCUT2D eigenvalue weighted by Gasteiger charge is -2.24. The molecule has 0 aliphatic heterocycles. The molecule has 1 saturated carbocycles. The van der Waals surface area contributed by atoms with E-state index in [9.17, 15) is 10.1 Å². The van der Waals surface area contributed by atoms with Gasteiger partial charge in [0.1, 0.15) is 11.6 Å². The number of carbonyl (C=O) groups excluding carboxylic acids is 1. The summed E-state index contributed by atoms with van der Waals surface area (Å²) in [6.45, 7) is 1.54. The standard InChI is InChI=1S/C24H24N4O/c1-18(29)27(20-12-6-3-7-13-20)24-22(17-25)23(16-19-10-4-2-5-11-19)26-28(24)21-14-8-9-15-21/h2-7,10-13,21H,8-9,14-16H2,1H3. The molecule has 1 aliphatic carbocycles. The van der Waals surface area contributed by atoms with Gasteiger partial charge in [0.15, 0.2) is 5.82 Å². The van der Waals surface area contributed by atoms with Crippen LogP contribution in [0.15, 0.2) is 60.7 Å². The van der Waals surface area contributed by atoms with E-state index >= 15 is 0 Å². The average molecular weight is 384 g/mol. The zero-order valence-corrected chi connectivity index (χ0v) is 16.6. The highest BCUT2D eigenvalue weighted by molar-refractivity contribution is 5.99. The summed E-state index contributed by atoms with van der Waals surface area (Å²) >= 11 is 0. The van der Waals surface area contributed by atoms with Gasteiger partial charge in [-0.1, -0.05) is 61.4 Å². The number of para-hydroxylation sites is 1. The lowest BCUT2D eigenvalue weighted by molar-refractivity contribution is -0.115. The first-order chi connectivity index (χ1) is 14.2. The molecule has 0 saturated heterocycles. The highest BCUT2D eigenvalue weighted by Crippen LogP contribution is 2.38. The van der Waals surface area contributed by atoms with Crippen LogP contribution < -0.4 is 4.90 Å². The maximum absolute atomic E-state index is 12.7. The van der Waals surface area contributed by atoms with Gasteiger partial charge in [-0.05, 0) is 30.5 Å². The quantitative estimate of drug-likeness (QED) is 0.611. The van der Waals surface area contributed by atoms with E-state index < -0.39 is 0 Å². The van der Waals surface area contributed by atoms with Crippen LogP contribution in [0.25, 0.3) is 0 Å². The van der Waals surface area contributed by atoms with E-state index in [1.165, 1.54) is 6.92 Å². The van der Waals surface area contributed by atoms with Gasteiger partial charge in [0.2, 0.25) is 5.91 Å². The highest BCUT2D eigenvalue weighted by Gasteiger charge is 2.31. The first-order valence-electron chi connectivity index (χ1n) is 10.1. The number of nitriles is 1. The Morgan fingerprint density at radius 3 is 2.31 bits per heavy atom. The van der Waals surface area contributed by atoms with Gasteiger partial charge in [-0.15, -0.1) is 0 Å². The fourth-order valence-electron chi connectivity index (χ4n) is 4.15. The molecule has 0 spiro atoms. The van der Waals surface area contributed by atoms with Gasteiger partial charge >= 0.3 is 0 Å². The lowest BCUT2D eigenvalue weighted by atomic mass is 10.1. The third-order valence-electron chi connectivity index (χ3n) is 5.50. The number of anilines is 2. The molecule has 1 aliphatic rings. The molecular weight excluding hydrogens is 360 g/mol. The Morgan fingerprint density at radius 2 is 1.72 bits per heavy atom. The number of nitrogens with zero attached hydrogens (tertiary/aromatic N) is 4. The molecule has 0 unspecified atom stereocenters. The highest BCUT2D eigenvalue weighted by atomic mass is 16.2. The van der Waals surface area contributed by atoms with Crippen LogP contribution >= 0.6 is 0 Å². The van der Waals surface area contributed by atoms with Crippen LogP contribution in [-0.4, -0.2) is 15.7 Å². The van der Waals surface area contributed by atoms with Gasteiger partial charge in [-0.3, -0.25) is 9.69 Å². The topological polar surface area (TPSA) is 61.9 Å². The van der Waals surface area contributed by atoms with Crippen LogP contribution in [0.2, 0.25) is 0 Å². The number of rotatable bonds is 5. The van der Waals surface area contributed by atoms with Crippen LogP contribution in [0.5, 0.6) is 0 Å². The molecule has 0 N–H and O–H groups in total. The van der Waals surface area contributed by atoms with Crippen LogP contribution in [0, 0.1) is 11.3 Å². The molecule has 0 radical (unpaired) electrons. The Morgan fingerprint density at radius 1 is 1.10 bits per heavy atom. The van der Waals surface area contributed by atoms with Crippen LogP contribution in [0.4, 0.5) is 11.5 Å². The van der Waals surface area contributed by atoms with E-state index in [0.717, 1.165) is 42.6 Å². The molecule has 5 heteroatoms. The van der Waals surface area contributed by atoms with Crippen molar-refractivity contribution in [1.82, 2.24) is 9.78 Å². The fourth-order valence-corrected chi connectivity index (χ4v) is 4.15. The second-order valence-electron chi connectivity index (χ2n) is 7.49. The molecule has 1 fully saturated rings. The molecule has 29 heavy (non-hydrogen) atoms. The van der Waals surface area contributed by atoms with E-state index in [1.807, 2.05) is 65.3 Å². The summed E-state index contributed by atoms with van der Waals surface area (Å²) in [5.74, 6) is 0.474. The van der Waals surface area contributed by atoms with Crippen molar-refractivity contribution in [3.63, 3.8) is 0 Å². The van der Waals surface area contributed by atoms with Crippen molar-refractivity contribution in [2.45, 2.75) is 45.1 Å². The summed E-state index contributed by atoms with van der Waals surface area (Å²) in [4.78, 5) is 14.4. The Bertz CT molecular complexity index is 1030. The smallest absolute Gasteiger partial charge is 0.229 e. The van der Waals surface area contributed by atoms with Crippen molar-refractivity contribution in [2.75, 3.05) is 4.90 Å². The van der Waals surface area contributed by atoms with Gasteiger partial charge in [-0.2, -0.15) is 10.4 Å². The monoisotopic (exact) mass is 384 g/mol. The third kappa shape index (κ3) is 3.79. The molecule has 1 aromatic heterocycles. The summed E-state index contributed by atoms with van der Waals surface area (Å²) in [6, 6.07) is 22.1. The number of aromatic nitrogens is 2. The van der Waals surface area contributed by atoms with E-state index in [4.69, 9.17) is 5.10 Å². The molecule has 3 aromatic rings. The minimum Gasteiger partial charge on any atom is -0.274 e. The minimum absolute atomic E-state index is 0.127. The first-order valence-corrected chi connectivity index (χ1v) is 10.1. The molecule has 0 atom stereocenters. The zero-order chi connectivity index (χ0) is 20.2. The van der Waals surface area contributed by atoms with Crippen molar-refractivity contribution in [3.05, 3.63) is 77.5 Å². The number of hydrogen-bond acceptors (Lipinski definition) is 3. The zero-order valence-electron chi connectivity index (χ0n) is 16.6. The maximum Gasteiger partial charge on any atom is 0.229 e. The third-order valence-corrected chi connectivity index (χ3v) is 5.50. The van der Waals surface area contributed by atoms with Gasteiger partial charge in [-0.25, -0.2) is 4.68 Å². The van der Waals surface area contributed by atoms with Gasteiger partial charge in [0.25, 0.3) is 0 Å². The predicted molar refractivity (Wildman–Crippen MR) is 113 cm³/mol. The van der Waals surface area contributed by atoms with Crippen molar-refractivity contribution < 1.29 is 4.79 Å². The predicted octanol–water partition coefficient (Wildman–Crippen LogP) is 5.15. The van der Waals surface area contributed by atoms with E-state index in [0.29, 0.717) is 17.8 Å². The second-order valence-corrected chi connectivity index (χ2v) is 7.49. The largest absolute Gasteiger partial charge is 0.274 e. The minimum atomic E-state index is -0.127. The van der Waals surface area contributed by atoms with Gasteiger partial charge in [0, 0.05) is 13.3 Å². The molecule has 5 nitrogen and oxygen atoms in total. The SMILES string of the molecule is CC(=O)N(c1ccccc1)c1c(C#N)c(Cc2ccccc2)nn1C1CCCC1. The summed E-state index contributed by atoms with van der Waals surface area (Å²) in [7, 11) is 0. The molecular formula is C24H24N4O. The van der Waals surface area contributed by atoms with Gasteiger partial charge < -0.3 is 0 Å². The molecule has 146 valence electrons. The normalized spacial score (nSPS) is 13.9. The molecule has 1 heterocycles. The Hall–Kier alpha value is -3.39. The molecule has 4 rings (SSSR count). The summed E-state index contributed by atoms with van der Waals surface area (Å²) in [5.41, 5.74) is 3.06. The second kappa shape index (κ2) is 8.32. The number of benzene rings is 2. The Balaban J connectivity index is 1.88. The maximum atomic E-state index is 12.7. The molecule has 1 amide bonds. The number of hydrogen-bond donors (Lipinski definition) is 0. The van der Waals surface area contributed by atoms with E-state index in [1.54, 1.807) is 4.90 Å². The van der Waals surface area contributed by atoms with E-state index in [2.05, 4.69) is 6.07 Å². The summed E-state index contributed by atoms with van der Waals surface area (Å²) in [5, 5.41) is 15.0. The molecule has 2 aromatic carbocycles. The van der Waals surface area contributed by atoms with Crippen molar-refractivity contribution in [3.8, 4) is 6.07 Å². The van der Waals surface area contributed by atoms with Crippen molar-refractivity contribution in [1.29, 1.82) is 5.26 Å². The average Bonchev–Trinajstić information content (AvgIpc) is 3.38.